The fourth-order valence-electron chi connectivity index (χ4n) is 2.69. The second-order valence-electron chi connectivity index (χ2n) is 6.74. The summed E-state index contributed by atoms with van der Waals surface area (Å²) in [5, 5.41) is 2.92. The maximum atomic E-state index is 12.2. The number of amides is 1. The Morgan fingerprint density at radius 3 is 2.15 bits per heavy atom. The molecule has 0 fully saturated rings. The molecule has 0 saturated carbocycles. The van der Waals surface area contributed by atoms with Gasteiger partial charge in [-0.3, -0.25) is 4.79 Å². The van der Waals surface area contributed by atoms with Crippen LogP contribution in [0.3, 0.4) is 0 Å². The summed E-state index contributed by atoms with van der Waals surface area (Å²) in [7, 11) is 0. The summed E-state index contributed by atoms with van der Waals surface area (Å²) in [6, 6.07) is 20.6. The second-order valence-corrected chi connectivity index (χ2v) is 7.72. The van der Waals surface area contributed by atoms with E-state index in [1.165, 1.54) is 22.3 Å². The molecule has 0 aliphatic carbocycles. The third-order valence-corrected chi connectivity index (χ3v) is 5.37. The zero-order valence-electron chi connectivity index (χ0n) is 15.8. The highest BCUT2D eigenvalue weighted by Crippen LogP contribution is 2.20. The molecule has 2 aromatic carbocycles. The summed E-state index contributed by atoms with van der Waals surface area (Å²) in [5.74, 6) is 2.74. The van der Waals surface area contributed by atoms with Crippen LogP contribution in [-0.4, -0.2) is 12.5 Å². The Hall–Kier alpha value is -2.46. The first kappa shape index (κ1) is 19.3. The van der Waals surface area contributed by atoms with Crippen LogP contribution in [0.2, 0.25) is 0 Å². The van der Waals surface area contributed by atoms with Crippen LogP contribution in [0.4, 0.5) is 0 Å². The molecule has 0 unspecified atom stereocenters. The van der Waals surface area contributed by atoms with E-state index in [0.29, 0.717) is 12.3 Å². The number of rotatable bonds is 8. The maximum Gasteiger partial charge on any atom is 0.287 e. The molecule has 1 aromatic heterocycles. The molecule has 3 aromatic rings. The molecular weight excluding hydrogens is 354 g/mol. The third-order valence-electron chi connectivity index (χ3n) is 4.34. The highest BCUT2D eigenvalue weighted by atomic mass is 32.2. The Labute approximate surface area is 165 Å². The molecular formula is C23H25NO2S. The quantitative estimate of drug-likeness (QED) is 0.577. The van der Waals surface area contributed by atoms with Gasteiger partial charge < -0.3 is 9.73 Å². The molecule has 1 N–H and O–H groups in total. The predicted octanol–water partition coefficient (Wildman–Crippen LogP) is 5.30. The van der Waals surface area contributed by atoms with Crippen LogP contribution >= 0.6 is 11.8 Å². The van der Waals surface area contributed by atoms with Gasteiger partial charge in [0, 0.05) is 12.3 Å². The van der Waals surface area contributed by atoms with E-state index in [-0.39, 0.29) is 5.91 Å². The average Bonchev–Trinajstić information content (AvgIpc) is 3.14. The van der Waals surface area contributed by atoms with Gasteiger partial charge in [-0.05, 0) is 43.5 Å². The fourth-order valence-corrected chi connectivity index (χ4v) is 3.58. The van der Waals surface area contributed by atoms with E-state index >= 15 is 0 Å². The van der Waals surface area contributed by atoms with Crippen LogP contribution in [0, 0.1) is 13.8 Å². The van der Waals surface area contributed by atoms with Gasteiger partial charge in [-0.15, -0.1) is 11.8 Å². The molecule has 0 aliphatic heterocycles. The highest BCUT2D eigenvalue weighted by Gasteiger charge is 2.10. The van der Waals surface area contributed by atoms with E-state index in [1.807, 2.05) is 6.07 Å². The topological polar surface area (TPSA) is 42.2 Å². The van der Waals surface area contributed by atoms with E-state index in [2.05, 4.69) is 67.7 Å². The summed E-state index contributed by atoms with van der Waals surface area (Å²) in [4.78, 5) is 12.2. The van der Waals surface area contributed by atoms with Crippen molar-refractivity contribution in [2.45, 2.75) is 31.8 Å². The van der Waals surface area contributed by atoms with Gasteiger partial charge in [-0.25, -0.2) is 0 Å². The van der Waals surface area contributed by atoms with Gasteiger partial charge >= 0.3 is 0 Å². The molecule has 0 atom stereocenters. The first-order chi connectivity index (χ1) is 13.1. The van der Waals surface area contributed by atoms with Crippen molar-refractivity contribution in [3.8, 4) is 0 Å². The van der Waals surface area contributed by atoms with Gasteiger partial charge in [0.2, 0.25) is 0 Å². The van der Waals surface area contributed by atoms with Gasteiger partial charge in [0.1, 0.15) is 5.76 Å². The van der Waals surface area contributed by atoms with Gasteiger partial charge in [-0.1, -0.05) is 59.7 Å². The van der Waals surface area contributed by atoms with Crippen molar-refractivity contribution in [3.63, 3.8) is 0 Å². The van der Waals surface area contributed by atoms with Crippen LogP contribution in [0.15, 0.2) is 65.1 Å². The Kier molecular flexibility index (Phi) is 6.77. The van der Waals surface area contributed by atoms with Crippen LogP contribution in [0.25, 0.3) is 0 Å². The van der Waals surface area contributed by atoms with Crippen molar-refractivity contribution in [2.75, 3.05) is 6.54 Å². The molecule has 0 aliphatic rings. The van der Waals surface area contributed by atoms with Crippen molar-refractivity contribution in [3.05, 3.63) is 94.4 Å². The van der Waals surface area contributed by atoms with E-state index in [4.69, 9.17) is 4.42 Å². The summed E-state index contributed by atoms with van der Waals surface area (Å²) >= 11 is 1.78. The SMILES string of the molecule is Cc1ccc(CCNC(=O)c2ccc(CSCc3ccc(C)cc3)o2)cc1. The second kappa shape index (κ2) is 9.47. The summed E-state index contributed by atoms with van der Waals surface area (Å²) in [6.45, 7) is 4.76. The predicted molar refractivity (Wildman–Crippen MR) is 112 cm³/mol. The molecule has 0 bridgehead atoms. The monoisotopic (exact) mass is 379 g/mol. The van der Waals surface area contributed by atoms with Crippen LogP contribution in [0.1, 0.15) is 38.6 Å². The van der Waals surface area contributed by atoms with Crippen molar-refractivity contribution in [1.29, 1.82) is 0 Å². The van der Waals surface area contributed by atoms with Crippen molar-refractivity contribution < 1.29 is 9.21 Å². The molecule has 3 nitrogen and oxygen atoms in total. The standard InChI is InChI=1S/C23H25NO2S/c1-17-3-7-19(8-4-17)13-14-24-23(25)22-12-11-21(26-22)16-27-15-20-9-5-18(2)6-10-20/h3-12H,13-16H2,1-2H3,(H,24,25). The lowest BCUT2D eigenvalue weighted by molar-refractivity contribution is 0.0925. The van der Waals surface area contributed by atoms with Gasteiger partial charge in [0.15, 0.2) is 5.76 Å². The van der Waals surface area contributed by atoms with E-state index < -0.39 is 0 Å². The Morgan fingerprint density at radius 1 is 0.852 bits per heavy atom. The average molecular weight is 380 g/mol. The normalized spacial score (nSPS) is 10.7. The zero-order valence-corrected chi connectivity index (χ0v) is 16.6. The largest absolute Gasteiger partial charge is 0.455 e. The molecule has 140 valence electrons. The minimum Gasteiger partial charge on any atom is -0.455 e. The van der Waals surface area contributed by atoms with Crippen molar-refractivity contribution in [1.82, 2.24) is 5.32 Å². The third kappa shape index (κ3) is 6.04. The number of hydrogen-bond acceptors (Lipinski definition) is 3. The minimum absolute atomic E-state index is 0.156. The molecule has 3 rings (SSSR count). The number of carbonyl (C=O) groups is 1. The first-order valence-corrected chi connectivity index (χ1v) is 10.3. The summed E-state index contributed by atoms with van der Waals surface area (Å²) in [6.07, 6.45) is 0.811. The molecule has 4 heteroatoms. The smallest absolute Gasteiger partial charge is 0.287 e. The Bertz CT molecular complexity index is 866. The zero-order chi connectivity index (χ0) is 19.1. The van der Waals surface area contributed by atoms with Crippen LogP contribution in [-0.2, 0) is 17.9 Å². The molecule has 0 radical (unpaired) electrons. The van der Waals surface area contributed by atoms with Crippen LogP contribution < -0.4 is 5.32 Å². The van der Waals surface area contributed by atoms with Crippen molar-refractivity contribution in [2.24, 2.45) is 0 Å². The van der Waals surface area contributed by atoms with Gasteiger partial charge in [0.25, 0.3) is 5.91 Å². The summed E-state index contributed by atoms with van der Waals surface area (Å²) in [5.41, 5.74) is 5.03. The molecule has 1 amide bonds. The number of nitrogens with one attached hydrogen (secondary N) is 1. The lowest BCUT2D eigenvalue weighted by Gasteiger charge is -2.04. The minimum atomic E-state index is -0.156. The van der Waals surface area contributed by atoms with Crippen molar-refractivity contribution >= 4 is 17.7 Å². The molecule has 1 heterocycles. The van der Waals surface area contributed by atoms with Gasteiger partial charge in [0.05, 0.1) is 5.75 Å². The van der Waals surface area contributed by atoms with E-state index in [0.717, 1.165) is 23.7 Å². The Balaban J connectivity index is 1.41. The number of hydrogen-bond donors (Lipinski definition) is 1. The fraction of sp³-hybridized carbons (Fsp3) is 0.261. The van der Waals surface area contributed by atoms with Gasteiger partial charge in [-0.2, -0.15) is 0 Å². The lowest BCUT2D eigenvalue weighted by atomic mass is 10.1. The molecule has 0 spiro atoms. The molecule has 0 saturated heterocycles. The lowest BCUT2D eigenvalue weighted by Crippen LogP contribution is -2.25. The highest BCUT2D eigenvalue weighted by molar-refractivity contribution is 7.97. The number of thioether (sulfide) groups is 1. The van der Waals surface area contributed by atoms with E-state index in [9.17, 15) is 4.79 Å². The summed E-state index contributed by atoms with van der Waals surface area (Å²) < 4.78 is 5.69. The molecule has 27 heavy (non-hydrogen) atoms. The number of benzene rings is 2. The maximum absolute atomic E-state index is 12.2. The Morgan fingerprint density at radius 2 is 1.48 bits per heavy atom. The van der Waals surface area contributed by atoms with Crippen LogP contribution in [0.5, 0.6) is 0 Å². The first-order valence-electron chi connectivity index (χ1n) is 9.16. The number of carbonyl (C=O) groups excluding carboxylic acids is 1. The number of furan rings is 1. The number of aryl methyl sites for hydroxylation is 2. The van der Waals surface area contributed by atoms with E-state index in [1.54, 1.807) is 17.8 Å².